The summed E-state index contributed by atoms with van der Waals surface area (Å²) >= 11 is 0. The smallest absolute Gasteiger partial charge is 0.246 e. The Morgan fingerprint density at radius 3 is 2.50 bits per heavy atom. The van der Waals surface area contributed by atoms with Gasteiger partial charge in [0.1, 0.15) is 5.83 Å². The molecule has 0 saturated carbocycles. The Morgan fingerprint density at radius 2 is 2.20 bits per heavy atom. The van der Waals surface area contributed by atoms with Crippen molar-refractivity contribution in [3.8, 4) is 0 Å². The molecule has 0 saturated heterocycles. The quantitative estimate of drug-likeness (QED) is 0.456. The molecular formula is C7H10FNO. The lowest BCUT2D eigenvalue weighted by atomic mass is 10.2. The number of allylic oxidation sites excluding steroid dienone is 2. The van der Waals surface area contributed by atoms with E-state index in [9.17, 15) is 9.18 Å². The number of likely N-dealkylation sites (N-methyl/N-ethyl adjacent to an activating group) is 1. The fourth-order valence-corrected chi connectivity index (χ4v) is 0.498. The average molecular weight is 143 g/mol. The van der Waals surface area contributed by atoms with Crippen LogP contribution in [-0.4, -0.2) is 13.0 Å². The highest BCUT2D eigenvalue weighted by Crippen LogP contribution is 1.99. The highest BCUT2D eigenvalue weighted by atomic mass is 19.1. The lowest BCUT2D eigenvalue weighted by Crippen LogP contribution is -2.18. The maximum atomic E-state index is 12.0. The molecule has 1 amide bonds. The number of halogens is 1. The van der Waals surface area contributed by atoms with Gasteiger partial charge in [0, 0.05) is 12.6 Å². The molecule has 2 nitrogen and oxygen atoms in total. The van der Waals surface area contributed by atoms with Crippen LogP contribution in [0.2, 0.25) is 0 Å². The molecule has 0 spiro atoms. The van der Waals surface area contributed by atoms with Gasteiger partial charge in [-0.15, -0.1) is 0 Å². The fourth-order valence-electron chi connectivity index (χ4n) is 0.498. The summed E-state index contributed by atoms with van der Waals surface area (Å²) in [5, 5.41) is 2.36. The standard InChI is InChI=1S/C7H10FNO/c1-5(4-6(2)8)7(10)9-3/h4H,2H2,1,3H3,(H,9,10)/b5-4+. The number of amides is 1. The van der Waals surface area contributed by atoms with E-state index < -0.39 is 5.83 Å². The van der Waals surface area contributed by atoms with Gasteiger partial charge in [0.15, 0.2) is 0 Å². The van der Waals surface area contributed by atoms with E-state index in [1.165, 1.54) is 14.0 Å². The number of carbonyl (C=O) groups is 1. The Kier molecular flexibility index (Phi) is 3.39. The Morgan fingerprint density at radius 1 is 1.70 bits per heavy atom. The van der Waals surface area contributed by atoms with Gasteiger partial charge in [-0.1, -0.05) is 6.58 Å². The number of nitrogens with one attached hydrogen (secondary N) is 1. The predicted molar refractivity (Wildman–Crippen MR) is 38.1 cm³/mol. The first-order valence-electron chi connectivity index (χ1n) is 2.82. The van der Waals surface area contributed by atoms with E-state index >= 15 is 0 Å². The zero-order valence-corrected chi connectivity index (χ0v) is 6.07. The summed E-state index contributed by atoms with van der Waals surface area (Å²) in [6, 6.07) is 0. The Balaban J connectivity index is 4.19. The van der Waals surface area contributed by atoms with E-state index in [0.29, 0.717) is 5.57 Å². The highest BCUT2D eigenvalue weighted by molar-refractivity contribution is 5.92. The van der Waals surface area contributed by atoms with Crippen LogP contribution in [-0.2, 0) is 4.79 Å². The molecule has 3 heteroatoms. The lowest BCUT2D eigenvalue weighted by Gasteiger charge is -1.96. The molecule has 0 atom stereocenters. The summed E-state index contributed by atoms with van der Waals surface area (Å²) in [7, 11) is 1.49. The second-order valence-corrected chi connectivity index (χ2v) is 1.85. The second kappa shape index (κ2) is 3.82. The first-order valence-corrected chi connectivity index (χ1v) is 2.82. The van der Waals surface area contributed by atoms with Crippen molar-refractivity contribution in [2.24, 2.45) is 0 Å². The number of hydrogen-bond acceptors (Lipinski definition) is 1. The molecule has 1 N–H and O–H groups in total. The zero-order valence-electron chi connectivity index (χ0n) is 6.07. The van der Waals surface area contributed by atoms with Crippen LogP contribution in [0.5, 0.6) is 0 Å². The van der Waals surface area contributed by atoms with Crippen LogP contribution >= 0.6 is 0 Å². The van der Waals surface area contributed by atoms with Crippen molar-refractivity contribution in [1.82, 2.24) is 5.32 Å². The number of rotatable bonds is 2. The van der Waals surface area contributed by atoms with Crippen molar-refractivity contribution in [2.45, 2.75) is 6.92 Å². The summed E-state index contributed by atoms with van der Waals surface area (Å²) in [5.74, 6) is -0.903. The topological polar surface area (TPSA) is 29.1 Å². The molecule has 0 radical (unpaired) electrons. The molecule has 0 aliphatic rings. The Labute approximate surface area is 59.4 Å². The number of carbonyl (C=O) groups excluding carboxylic acids is 1. The van der Waals surface area contributed by atoms with Gasteiger partial charge in [-0.25, -0.2) is 4.39 Å². The van der Waals surface area contributed by atoms with Crippen LogP contribution in [0.25, 0.3) is 0 Å². The molecule has 10 heavy (non-hydrogen) atoms. The van der Waals surface area contributed by atoms with Crippen molar-refractivity contribution in [1.29, 1.82) is 0 Å². The SMILES string of the molecule is C=C(F)/C=C(\C)C(=O)NC. The fraction of sp³-hybridized carbons (Fsp3) is 0.286. The number of hydrogen-bond donors (Lipinski definition) is 1. The van der Waals surface area contributed by atoms with Crippen molar-refractivity contribution < 1.29 is 9.18 Å². The largest absolute Gasteiger partial charge is 0.355 e. The van der Waals surface area contributed by atoms with Crippen molar-refractivity contribution >= 4 is 5.91 Å². The molecule has 0 aliphatic carbocycles. The van der Waals surface area contributed by atoms with Gasteiger partial charge in [0.05, 0.1) is 0 Å². The van der Waals surface area contributed by atoms with Crippen LogP contribution < -0.4 is 5.32 Å². The van der Waals surface area contributed by atoms with E-state index in [0.717, 1.165) is 6.08 Å². The Bertz CT molecular complexity index is 184. The molecule has 0 aromatic rings. The summed E-state index contributed by atoms with van der Waals surface area (Å²) in [6.45, 7) is 4.51. The minimum absolute atomic E-state index is 0.293. The minimum Gasteiger partial charge on any atom is -0.355 e. The minimum atomic E-state index is -0.610. The van der Waals surface area contributed by atoms with Gasteiger partial charge >= 0.3 is 0 Å². The third kappa shape index (κ3) is 3.02. The van der Waals surface area contributed by atoms with E-state index in [1.807, 2.05) is 0 Å². The zero-order chi connectivity index (χ0) is 8.15. The molecule has 0 unspecified atom stereocenters. The average Bonchev–Trinajstić information content (AvgIpc) is 1.85. The molecule has 0 bridgehead atoms. The summed E-state index contributed by atoms with van der Waals surface area (Å²) < 4.78 is 12.0. The molecule has 0 aromatic heterocycles. The molecule has 0 rings (SSSR count). The second-order valence-electron chi connectivity index (χ2n) is 1.85. The van der Waals surface area contributed by atoms with Crippen molar-refractivity contribution in [3.63, 3.8) is 0 Å². The van der Waals surface area contributed by atoms with Gasteiger partial charge in [-0.3, -0.25) is 4.79 Å². The van der Waals surface area contributed by atoms with Crippen LogP contribution in [0.3, 0.4) is 0 Å². The third-order valence-electron chi connectivity index (χ3n) is 0.958. The molecule has 0 aromatic carbocycles. The third-order valence-corrected chi connectivity index (χ3v) is 0.958. The molecule has 0 aliphatic heterocycles. The van der Waals surface area contributed by atoms with Crippen molar-refractivity contribution in [2.75, 3.05) is 7.05 Å². The van der Waals surface area contributed by atoms with Gasteiger partial charge in [-0.05, 0) is 13.0 Å². The van der Waals surface area contributed by atoms with Gasteiger partial charge in [-0.2, -0.15) is 0 Å². The first kappa shape index (κ1) is 8.88. The van der Waals surface area contributed by atoms with Crippen molar-refractivity contribution in [3.05, 3.63) is 24.1 Å². The highest BCUT2D eigenvalue weighted by Gasteiger charge is 1.99. The lowest BCUT2D eigenvalue weighted by molar-refractivity contribution is -0.117. The van der Waals surface area contributed by atoms with E-state index in [-0.39, 0.29) is 5.91 Å². The van der Waals surface area contributed by atoms with E-state index in [1.54, 1.807) is 0 Å². The van der Waals surface area contributed by atoms with Crippen LogP contribution in [0.1, 0.15) is 6.92 Å². The summed E-state index contributed by atoms with van der Waals surface area (Å²) in [5.41, 5.74) is 0.315. The van der Waals surface area contributed by atoms with Crippen LogP contribution in [0.4, 0.5) is 4.39 Å². The van der Waals surface area contributed by atoms with Crippen LogP contribution in [0.15, 0.2) is 24.1 Å². The van der Waals surface area contributed by atoms with Crippen LogP contribution in [0, 0.1) is 0 Å². The molecular weight excluding hydrogens is 133 g/mol. The Hall–Kier alpha value is -1.12. The summed E-state index contributed by atoms with van der Waals surface area (Å²) in [6.07, 6.45) is 1.08. The molecule has 56 valence electrons. The molecule has 0 fully saturated rings. The van der Waals surface area contributed by atoms with Gasteiger partial charge < -0.3 is 5.32 Å². The van der Waals surface area contributed by atoms with Gasteiger partial charge in [0.25, 0.3) is 0 Å². The maximum Gasteiger partial charge on any atom is 0.246 e. The monoisotopic (exact) mass is 143 g/mol. The van der Waals surface area contributed by atoms with E-state index in [4.69, 9.17) is 0 Å². The first-order chi connectivity index (χ1) is 4.57. The van der Waals surface area contributed by atoms with Gasteiger partial charge in [0.2, 0.25) is 5.91 Å². The maximum absolute atomic E-state index is 12.0. The predicted octanol–water partition coefficient (Wildman–Crippen LogP) is 1.16. The normalized spacial score (nSPS) is 10.9. The molecule has 0 heterocycles. The van der Waals surface area contributed by atoms with E-state index in [2.05, 4.69) is 11.9 Å². The summed E-state index contributed by atoms with van der Waals surface area (Å²) in [4.78, 5) is 10.7.